The highest BCUT2D eigenvalue weighted by molar-refractivity contribution is 5.92. The Bertz CT molecular complexity index is 467. The maximum Gasteiger partial charge on any atom is 0.324 e. The Labute approximate surface area is 141 Å². The average molecular weight is 317 g/mol. The van der Waals surface area contributed by atoms with E-state index in [1.54, 1.807) is 0 Å². The Morgan fingerprint density at radius 3 is 2.26 bits per heavy atom. The third-order valence-corrected chi connectivity index (χ3v) is 4.79. The summed E-state index contributed by atoms with van der Waals surface area (Å²) < 4.78 is 0. The molecule has 0 aromatic heterocycles. The molecule has 0 N–H and O–H groups in total. The number of urea groups is 1. The van der Waals surface area contributed by atoms with E-state index >= 15 is 0 Å². The van der Waals surface area contributed by atoms with Gasteiger partial charge in [0.25, 0.3) is 0 Å². The first-order valence-corrected chi connectivity index (χ1v) is 9.02. The Morgan fingerprint density at radius 2 is 1.70 bits per heavy atom. The molecule has 0 spiro atoms. The molecule has 1 aromatic rings. The van der Waals surface area contributed by atoms with Crippen LogP contribution in [-0.4, -0.2) is 54.6 Å². The molecule has 1 aromatic carbocycles. The highest BCUT2D eigenvalue weighted by atomic mass is 16.2. The molecule has 0 bridgehead atoms. The maximum atomic E-state index is 13.0. The Balaban J connectivity index is 2.14. The molecule has 2 rings (SSSR count). The van der Waals surface area contributed by atoms with Crippen LogP contribution in [0.3, 0.4) is 0 Å². The topological polar surface area (TPSA) is 26.8 Å². The normalized spacial score (nSPS) is 16.8. The second-order valence-electron chi connectivity index (χ2n) is 6.35. The van der Waals surface area contributed by atoms with Gasteiger partial charge in [-0.15, -0.1) is 0 Å². The van der Waals surface area contributed by atoms with Crippen molar-refractivity contribution >= 4 is 11.7 Å². The highest BCUT2D eigenvalue weighted by Crippen LogP contribution is 2.19. The molecule has 128 valence electrons. The number of carbonyl (C=O) groups is 1. The first-order chi connectivity index (χ1) is 11.2. The summed E-state index contributed by atoms with van der Waals surface area (Å²) in [7, 11) is 0. The van der Waals surface area contributed by atoms with Gasteiger partial charge in [-0.25, -0.2) is 4.79 Å². The zero-order chi connectivity index (χ0) is 16.7. The lowest BCUT2D eigenvalue weighted by atomic mass is 10.1. The van der Waals surface area contributed by atoms with Gasteiger partial charge in [0.1, 0.15) is 0 Å². The van der Waals surface area contributed by atoms with Gasteiger partial charge in [0.05, 0.1) is 0 Å². The highest BCUT2D eigenvalue weighted by Gasteiger charge is 2.25. The van der Waals surface area contributed by atoms with E-state index in [0.29, 0.717) is 6.04 Å². The summed E-state index contributed by atoms with van der Waals surface area (Å²) in [6, 6.07) is 10.6. The molecule has 1 aliphatic rings. The van der Waals surface area contributed by atoms with Gasteiger partial charge in [0, 0.05) is 31.4 Å². The van der Waals surface area contributed by atoms with E-state index in [-0.39, 0.29) is 6.03 Å². The number of benzene rings is 1. The fourth-order valence-electron chi connectivity index (χ4n) is 3.31. The SMILES string of the molecule is CCN(CC)C(=O)N(CC(C)N1CCCCC1)c1ccccc1. The number of amides is 2. The quantitative estimate of drug-likeness (QED) is 0.797. The lowest BCUT2D eigenvalue weighted by Gasteiger charge is -2.37. The van der Waals surface area contributed by atoms with Crippen molar-refractivity contribution in [2.75, 3.05) is 37.6 Å². The summed E-state index contributed by atoms with van der Waals surface area (Å²) in [5.41, 5.74) is 0.994. The van der Waals surface area contributed by atoms with Crippen molar-refractivity contribution in [1.82, 2.24) is 9.80 Å². The predicted octanol–water partition coefficient (Wildman–Crippen LogP) is 3.83. The van der Waals surface area contributed by atoms with Gasteiger partial charge in [-0.2, -0.15) is 0 Å². The van der Waals surface area contributed by atoms with Crippen molar-refractivity contribution in [1.29, 1.82) is 0 Å². The molecular formula is C19H31N3O. The second kappa shape index (κ2) is 8.92. The number of piperidine rings is 1. The lowest BCUT2D eigenvalue weighted by Crippen LogP contribution is -2.50. The van der Waals surface area contributed by atoms with Crippen LogP contribution in [0.5, 0.6) is 0 Å². The van der Waals surface area contributed by atoms with Crippen molar-refractivity contribution < 1.29 is 4.79 Å². The number of hydrogen-bond donors (Lipinski definition) is 0. The van der Waals surface area contributed by atoms with E-state index in [1.807, 2.05) is 54.0 Å². The molecule has 0 aliphatic carbocycles. The first kappa shape index (κ1) is 17.8. The van der Waals surface area contributed by atoms with Gasteiger partial charge in [-0.1, -0.05) is 24.6 Å². The zero-order valence-electron chi connectivity index (χ0n) is 14.9. The fraction of sp³-hybridized carbons (Fsp3) is 0.632. The predicted molar refractivity (Wildman–Crippen MR) is 97.0 cm³/mol. The van der Waals surface area contributed by atoms with Crippen LogP contribution >= 0.6 is 0 Å². The van der Waals surface area contributed by atoms with Crippen LogP contribution in [0.15, 0.2) is 30.3 Å². The molecule has 0 saturated carbocycles. The molecule has 4 heteroatoms. The van der Waals surface area contributed by atoms with Crippen LogP contribution in [0, 0.1) is 0 Å². The third-order valence-electron chi connectivity index (χ3n) is 4.79. The van der Waals surface area contributed by atoms with Gasteiger partial charge >= 0.3 is 6.03 Å². The fourth-order valence-corrected chi connectivity index (χ4v) is 3.31. The van der Waals surface area contributed by atoms with Crippen molar-refractivity contribution in [3.63, 3.8) is 0 Å². The molecule has 1 fully saturated rings. The standard InChI is InChI=1S/C19H31N3O/c1-4-20(5-2)19(23)22(18-12-8-6-9-13-18)16-17(3)21-14-10-7-11-15-21/h6,8-9,12-13,17H,4-5,7,10-11,14-16H2,1-3H3. The second-order valence-corrected chi connectivity index (χ2v) is 6.35. The molecule has 1 saturated heterocycles. The first-order valence-electron chi connectivity index (χ1n) is 9.02. The molecule has 1 unspecified atom stereocenters. The molecular weight excluding hydrogens is 286 g/mol. The minimum Gasteiger partial charge on any atom is -0.325 e. The minimum atomic E-state index is 0.116. The molecule has 1 aliphatic heterocycles. The van der Waals surface area contributed by atoms with E-state index in [4.69, 9.17) is 0 Å². The van der Waals surface area contributed by atoms with E-state index in [1.165, 1.54) is 19.3 Å². The molecule has 1 atom stereocenters. The van der Waals surface area contributed by atoms with E-state index in [2.05, 4.69) is 11.8 Å². The van der Waals surface area contributed by atoms with Crippen LogP contribution < -0.4 is 4.90 Å². The molecule has 4 nitrogen and oxygen atoms in total. The molecule has 1 heterocycles. The summed E-state index contributed by atoms with van der Waals surface area (Å²) >= 11 is 0. The van der Waals surface area contributed by atoms with Crippen LogP contribution in [0.25, 0.3) is 0 Å². The van der Waals surface area contributed by atoms with E-state index < -0.39 is 0 Å². The minimum absolute atomic E-state index is 0.116. The third kappa shape index (κ3) is 4.71. The Kier molecular flexibility index (Phi) is 6.90. The number of carbonyl (C=O) groups excluding carboxylic acids is 1. The van der Waals surface area contributed by atoms with Gasteiger partial charge in [-0.05, 0) is 58.8 Å². The number of para-hydroxylation sites is 1. The van der Waals surface area contributed by atoms with Gasteiger partial charge < -0.3 is 4.90 Å². The number of likely N-dealkylation sites (tertiary alicyclic amines) is 1. The summed E-state index contributed by atoms with van der Waals surface area (Å²) in [5, 5.41) is 0. The zero-order valence-corrected chi connectivity index (χ0v) is 14.9. The number of anilines is 1. The Hall–Kier alpha value is -1.55. The number of hydrogen-bond acceptors (Lipinski definition) is 2. The van der Waals surface area contributed by atoms with E-state index in [9.17, 15) is 4.79 Å². The monoisotopic (exact) mass is 317 g/mol. The van der Waals surface area contributed by atoms with Gasteiger partial charge in [-0.3, -0.25) is 9.80 Å². The summed E-state index contributed by atoms with van der Waals surface area (Å²) in [6.45, 7) is 10.9. The van der Waals surface area contributed by atoms with E-state index in [0.717, 1.165) is 38.4 Å². The average Bonchev–Trinajstić information content (AvgIpc) is 2.62. The van der Waals surface area contributed by atoms with Crippen molar-refractivity contribution in [3.8, 4) is 0 Å². The van der Waals surface area contributed by atoms with Crippen LogP contribution in [0.1, 0.15) is 40.0 Å². The maximum absolute atomic E-state index is 13.0. The number of rotatable bonds is 6. The molecule has 0 radical (unpaired) electrons. The summed E-state index contributed by atoms with van der Waals surface area (Å²) in [6.07, 6.45) is 3.89. The van der Waals surface area contributed by atoms with Crippen molar-refractivity contribution in [3.05, 3.63) is 30.3 Å². The van der Waals surface area contributed by atoms with Crippen LogP contribution in [-0.2, 0) is 0 Å². The smallest absolute Gasteiger partial charge is 0.324 e. The molecule has 23 heavy (non-hydrogen) atoms. The van der Waals surface area contributed by atoms with Crippen molar-refractivity contribution in [2.45, 2.75) is 46.1 Å². The van der Waals surface area contributed by atoms with Crippen molar-refractivity contribution in [2.24, 2.45) is 0 Å². The largest absolute Gasteiger partial charge is 0.325 e. The van der Waals surface area contributed by atoms with Crippen LogP contribution in [0.2, 0.25) is 0 Å². The summed E-state index contributed by atoms with van der Waals surface area (Å²) in [4.78, 5) is 19.3. The number of nitrogens with zero attached hydrogens (tertiary/aromatic N) is 3. The summed E-state index contributed by atoms with van der Waals surface area (Å²) in [5.74, 6) is 0. The van der Waals surface area contributed by atoms with Gasteiger partial charge in [0.2, 0.25) is 0 Å². The Morgan fingerprint density at radius 1 is 1.09 bits per heavy atom. The van der Waals surface area contributed by atoms with Gasteiger partial charge in [0.15, 0.2) is 0 Å². The lowest BCUT2D eigenvalue weighted by molar-refractivity contribution is 0.171. The molecule has 2 amide bonds. The van der Waals surface area contributed by atoms with Crippen LogP contribution in [0.4, 0.5) is 10.5 Å².